The van der Waals surface area contributed by atoms with E-state index in [0.717, 1.165) is 18.6 Å². The third kappa shape index (κ3) is 4.35. The Hall–Kier alpha value is -3.18. The van der Waals surface area contributed by atoms with Crippen LogP contribution < -0.4 is 0 Å². The van der Waals surface area contributed by atoms with E-state index in [2.05, 4.69) is 34.0 Å². The number of nitrogens with zero attached hydrogens (tertiary/aromatic N) is 6. The summed E-state index contributed by atoms with van der Waals surface area (Å²) in [4.78, 5) is 37.5. The van der Waals surface area contributed by atoms with Gasteiger partial charge in [0.15, 0.2) is 0 Å². The van der Waals surface area contributed by atoms with Crippen LogP contribution in [0.5, 0.6) is 0 Å². The van der Waals surface area contributed by atoms with Gasteiger partial charge in [0, 0.05) is 55.5 Å². The second-order valence-corrected chi connectivity index (χ2v) is 12.1. The summed E-state index contributed by atoms with van der Waals surface area (Å²) in [5.74, 6) is -5.33. The Morgan fingerprint density at radius 3 is 2.36 bits per heavy atom. The van der Waals surface area contributed by atoms with E-state index >= 15 is 8.78 Å². The number of hydrogen-bond donors (Lipinski definition) is 0. The molecule has 2 aliphatic heterocycles. The first-order valence-electron chi connectivity index (χ1n) is 12.4. The first-order chi connectivity index (χ1) is 18.4. The SMILES string of the molecule is CC1(C)C[C@@H]1C(=O)N1CC2(CN(C(=O)c3cncnc3)CC2c2nnc(C(F)(F)c3ccc(Cl)c(Cl)c3)o2)C1. The van der Waals surface area contributed by atoms with Crippen molar-refractivity contribution in [3.8, 4) is 0 Å². The Morgan fingerprint density at radius 2 is 1.72 bits per heavy atom. The maximum absolute atomic E-state index is 15.3. The molecule has 1 saturated carbocycles. The summed E-state index contributed by atoms with van der Waals surface area (Å²) in [6.45, 7) is 5.28. The van der Waals surface area contributed by atoms with Gasteiger partial charge in [-0.25, -0.2) is 9.97 Å². The second-order valence-electron chi connectivity index (χ2n) is 11.3. The average Bonchev–Trinajstić information content (AvgIpc) is 3.24. The Kier molecular flexibility index (Phi) is 5.96. The van der Waals surface area contributed by atoms with Crippen molar-refractivity contribution in [2.45, 2.75) is 32.1 Å². The Balaban J connectivity index is 1.28. The molecule has 3 aliphatic rings. The highest BCUT2D eigenvalue weighted by atomic mass is 35.5. The topological polar surface area (TPSA) is 105 Å². The molecule has 2 aromatic heterocycles. The molecule has 1 spiro atoms. The lowest BCUT2D eigenvalue weighted by Gasteiger charge is -2.50. The van der Waals surface area contributed by atoms with Crippen molar-refractivity contribution in [2.75, 3.05) is 26.2 Å². The molecule has 2 saturated heterocycles. The van der Waals surface area contributed by atoms with Crippen molar-refractivity contribution in [1.82, 2.24) is 30.0 Å². The molecular formula is C26H24Cl2F2N6O3. The van der Waals surface area contributed by atoms with Gasteiger partial charge in [0.2, 0.25) is 11.8 Å². The minimum atomic E-state index is -3.62. The van der Waals surface area contributed by atoms with Crippen LogP contribution in [0.3, 0.4) is 0 Å². The first-order valence-corrected chi connectivity index (χ1v) is 13.2. The zero-order valence-electron chi connectivity index (χ0n) is 21.1. The number of carbonyl (C=O) groups is 2. The quantitative estimate of drug-likeness (QED) is 0.442. The normalized spacial score (nSPS) is 23.1. The van der Waals surface area contributed by atoms with Gasteiger partial charge in [-0.2, -0.15) is 8.78 Å². The van der Waals surface area contributed by atoms with Crippen molar-refractivity contribution in [3.63, 3.8) is 0 Å². The molecule has 9 nitrogen and oxygen atoms in total. The van der Waals surface area contributed by atoms with Gasteiger partial charge in [-0.15, -0.1) is 10.2 Å². The van der Waals surface area contributed by atoms with Gasteiger partial charge in [-0.05, 0) is 24.0 Å². The van der Waals surface area contributed by atoms with Crippen molar-refractivity contribution in [1.29, 1.82) is 0 Å². The number of amides is 2. The maximum Gasteiger partial charge on any atom is 0.349 e. The molecule has 3 aromatic rings. The summed E-state index contributed by atoms with van der Waals surface area (Å²) >= 11 is 11.8. The Morgan fingerprint density at radius 1 is 1.05 bits per heavy atom. The molecule has 6 rings (SSSR count). The number of alkyl halides is 2. The van der Waals surface area contributed by atoms with Crippen molar-refractivity contribution in [2.24, 2.45) is 16.7 Å². The van der Waals surface area contributed by atoms with E-state index in [4.69, 9.17) is 27.6 Å². The number of aromatic nitrogens is 4. The van der Waals surface area contributed by atoms with Crippen molar-refractivity contribution < 1.29 is 22.8 Å². The monoisotopic (exact) mass is 576 g/mol. The molecule has 3 fully saturated rings. The highest BCUT2D eigenvalue weighted by molar-refractivity contribution is 6.42. The van der Waals surface area contributed by atoms with Gasteiger partial charge in [0.25, 0.3) is 11.8 Å². The van der Waals surface area contributed by atoms with E-state index in [1.165, 1.54) is 24.8 Å². The van der Waals surface area contributed by atoms with Crippen LogP contribution in [0.1, 0.15) is 53.9 Å². The van der Waals surface area contributed by atoms with Gasteiger partial charge in [0.1, 0.15) is 6.33 Å². The van der Waals surface area contributed by atoms with Gasteiger partial charge in [-0.1, -0.05) is 43.1 Å². The fourth-order valence-electron chi connectivity index (χ4n) is 5.67. The molecule has 2 amide bonds. The van der Waals surface area contributed by atoms with Crippen LogP contribution in [-0.4, -0.2) is 68.0 Å². The van der Waals surface area contributed by atoms with Gasteiger partial charge in [0.05, 0.1) is 21.5 Å². The lowest BCUT2D eigenvalue weighted by Crippen LogP contribution is -2.62. The zero-order valence-corrected chi connectivity index (χ0v) is 22.6. The predicted molar refractivity (Wildman–Crippen MR) is 135 cm³/mol. The number of hydrogen-bond acceptors (Lipinski definition) is 7. The van der Waals surface area contributed by atoms with Gasteiger partial charge < -0.3 is 14.2 Å². The Bertz CT molecular complexity index is 1460. The van der Waals surface area contributed by atoms with E-state index in [1.54, 1.807) is 9.80 Å². The highest BCUT2D eigenvalue weighted by Crippen LogP contribution is 2.56. The third-order valence-electron chi connectivity index (χ3n) is 8.17. The van der Waals surface area contributed by atoms with Crippen LogP contribution in [0, 0.1) is 16.7 Å². The molecule has 13 heteroatoms. The smallest absolute Gasteiger partial charge is 0.349 e. The Labute approximate surface area is 232 Å². The first kappa shape index (κ1) is 26.1. The summed E-state index contributed by atoms with van der Waals surface area (Å²) in [6.07, 6.45) is 5.00. The number of benzene rings is 1. The third-order valence-corrected chi connectivity index (χ3v) is 8.91. The van der Waals surface area contributed by atoms with Gasteiger partial charge >= 0.3 is 5.92 Å². The number of likely N-dealkylation sites (tertiary alicyclic amines) is 2. The fourth-order valence-corrected chi connectivity index (χ4v) is 5.97. The fraction of sp³-hybridized carbons (Fsp3) is 0.462. The average molecular weight is 577 g/mol. The van der Waals surface area contributed by atoms with E-state index in [0.29, 0.717) is 25.2 Å². The molecule has 0 N–H and O–H groups in total. The van der Waals surface area contributed by atoms with Crippen LogP contribution in [-0.2, 0) is 10.7 Å². The summed E-state index contributed by atoms with van der Waals surface area (Å²) in [5, 5.41) is 7.78. The minimum absolute atomic E-state index is 0.0109. The van der Waals surface area contributed by atoms with Gasteiger partial charge in [-0.3, -0.25) is 9.59 Å². The zero-order chi connectivity index (χ0) is 27.7. The number of rotatable bonds is 5. The van der Waals surface area contributed by atoms with E-state index in [9.17, 15) is 9.59 Å². The van der Waals surface area contributed by atoms with Crippen LogP contribution in [0.25, 0.3) is 0 Å². The molecule has 0 radical (unpaired) electrons. The highest BCUT2D eigenvalue weighted by Gasteiger charge is 2.62. The summed E-state index contributed by atoms with van der Waals surface area (Å²) < 4.78 is 36.2. The molecule has 4 heterocycles. The summed E-state index contributed by atoms with van der Waals surface area (Å²) in [7, 11) is 0. The van der Waals surface area contributed by atoms with E-state index < -0.39 is 28.7 Å². The molecule has 2 atom stereocenters. The molecule has 39 heavy (non-hydrogen) atoms. The van der Waals surface area contributed by atoms with Crippen molar-refractivity contribution >= 4 is 35.0 Å². The summed E-state index contributed by atoms with van der Waals surface area (Å²) in [6, 6.07) is 3.47. The van der Waals surface area contributed by atoms with Crippen LogP contribution in [0.15, 0.2) is 41.3 Å². The largest absolute Gasteiger partial charge is 0.419 e. The van der Waals surface area contributed by atoms with Crippen LogP contribution >= 0.6 is 23.2 Å². The summed E-state index contributed by atoms with van der Waals surface area (Å²) in [5.41, 5.74) is -0.774. The maximum atomic E-state index is 15.3. The second kappa shape index (κ2) is 8.92. The molecular weight excluding hydrogens is 553 g/mol. The molecule has 1 unspecified atom stereocenters. The molecule has 0 bridgehead atoms. The molecule has 1 aromatic carbocycles. The van der Waals surface area contributed by atoms with E-state index in [-0.39, 0.29) is 45.6 Å². The minimum Gasteiger partial charge on any atom is -0.419 e. The standard InChI is InChI=1S/C26H24Cl2F2N6O3/c1-24(2)6-16(24)22(38)36-11-25(12-36)10-35(21(37)14-7-31-13-32-8-14)9-17(25)20-33-34-23(39-20)26(29,30)15-3-4-18(27)19(28)5-15/h3-5,7-8,13,16-17H,6,9-12H2,1-2H3/t16-,17?/m1/s1. The van der Waals surface area contributed by atoms with Crippen LogP contribution in [0.2, 0.25) is 10.0 Å². The number of carbonyl (C=O) groups excluding carboxylic acids is 2. The van der Waals surface area contributed by atoms with E-state index in [1.807, 2.05) is 0 Å². The molecule has 1 aliphatic carbocycles. The number of halogens is 4. The molecule has 204 valence electrons. The lowest BCUT2D eigenvalue weighted by molar-refractivity contribution is -0.146. The van der Waals surface area contributed by atoms with Crippen molar-refractivity contribution in [3.05, 3.63) is 69.9 Å². The predicted octanol–water partition coefficient (Wildman–Crippen LogP) is 4.42. The lowest BCUT2D eigenvalue weighted by atomic mass is 9.71. The van der Waals surface area contributed by atoms with Crippen LogP contribution in [0.4, 0.5) is 8.78 Å².